The Labute approximate surface area is 209 Å². The SMILES string of the molecule is Cc1cc(Nc2ncnc3cnc(N4CCNC[C@@H]4C)cc23)ccc1Oc1ccc2c(c1)ncn2C. The summed E-state index contributed by atoms with van der Waals surface area (Å²) in [6.45, 7) is 7.05. The number of imidazole rings is 1. The highest BCUT2D eigenvalue weighted by Gasteiger charge is 2.20. The molecule has 0 bridgehead atoms. The van der Waals surface area contributed by atoms with E-state index in [1.165, 1.54) is 0 Å². The topological polar surface area (TPSA) is 93.0 Å². The fourth-order valence-electron chi connectivity index (χ4n) is 4.67. The number of piperazine rings is 1. The van der Waals surface area contributed by atoms with E-state index in [9.17, 15) is 0 Å². The van der Waals surface area contributed by atoms with Crippen LogP contribution < -0.4 is 20.3 Å². The van der Waals surface area contributed by atoms with Crippen molar-refractivity contribution in [3.8, 4) is 11.5 Å². The number of nitrogens with one attached hydrogen (secondary N) is 2. The predicted molar refractivity (Wildman–Crippen MR) is 142 cm³/mol. The van der Waals surface area contributed by atoms with Crippen LogP contribution in [0.15, 0.2) is 61.3 Å². The van der Waals surface area contributed by atoms with Crippen molar-refractivity contribution in [1.82, 2.24) is 29.8 Å². The maximum Gasteiger partial charge on any atom is 0.141 e. The minimum atomic E-state index is 0.373. The van der Waals surface area contributed by atoms with Crippen LogP contribution in [0.3, 0.4) is 0 Å². The summed E-state index contributed by atoms with van der Waals surface area (Å²) in [5, 5.41) is 7.84. The Kier molecular flexibility index (Phi) is 5.61. The molecule has 1 atom stereocenters. The van der Waals surface area contributed by atoms with E-state index in [0.717, 1.165) is 76.0 Å². The summed E-state index contributed by atoms with van der Waals surface area (Å²) >= 11 is 0. The van der Waals surface area contributed by atoms with E-state index in [-0.39, 0.29) is 0 Å². The first-order valence-corrected chi connectivity index (χ1v) is 12.1. The first-order chi connectivity index (χ1) is 17.5. The lowest BCUT2D eigenvalue weighted by molar-refractivity contribution is 0.479. The van der Waals surface area contributed by atoms with Gasteiger partial charge in [-0.3, -0.25) is 0 Å². The van der Waals surface area contributed by atoms with Gasteiger partial charge in [0.15, 0.2) is 0 Å². The van der Waals surface area contributed by atoms with Gasteiger partial charge >= 0.3 is 0 Å². The molecule has 1 fully saturated rings. The van der Waals surface area contributed by atoms with Crippen LogP contribution in [-0.2, 0) is 7.05 Å². The van der Waals surface area contributed by atoms with Gasteiger partial charge in [-0.1, -0.05) is 0 Å². The number of hydrogen-bond acceptors (Lipinski definition) is 8. The third kappa shape index (κ3) is 4.18. The van der Waals surface area contributed by atoms with Gasteiger partial charge in [-0.2, -0.15) is 0 Å². The highest BCUT2D eigenvalue weighted by atomic mass is 16.5. The van der Waals surface area contributed by atoms with E-state index >= 15 is 0 Å². The van der Waals surface area contributed by atoms with Crippen LogP contribution >= 0.6 is 0 Å². The second kappa shape index (κ2) is 9.09. The molecule has 0 aliphatic carbocycles. The van der Waals surface area contributed by atoms with Crippen molar-refractivity contribution in [2.45, 2.75) is 19.9 Å². The molecule has 0 spiro atoms. The smallest absolute Gasteiger partial charge is 0.141 e. The number of ether oxygens (including phenoxy) is 1. The number of nitrogens with zero attached hydrogens (tertiary/aromatic N) is 6. The first kappa shape index (κ1) is 22.2. The molecule has 0 amide bonds. The molecule has 1 aliphatic rings. The van der Waals surface area contributed by atoms with Crippen LogP contribution in [0.1, 0.15) is 12.5 Å². The summed E-state index contributed by atoms with van der Waals surface area (Å²) in [6, 6.07) is 14.4. The number of benzene rings is 2. The Morgan fingerprint density at radius 1 is 1.03 bits per heavy atom. The normalized spacial score (nSPS) is 16.0. The van der Waals surface area contributed by atoms with Gasteiger partial charge in [0, 0.05) is 49.9 Å². The Morgan fingerprint density at radius 3 is 2.81 bits per heavy atom. The fraction of sp³-hybridized carbons (Fsp3) is 0.259. The van der Waals surface area contributed by atoms with Crippen molar-refractivity contribution >= 4 is 39.3 Å². The van der Waals surface area contributed by atoms with E-state index in [4.69, 9.17) is 4.74 Å². The molecule has 1 saturated heterocycles. The van der Waals surface area contributed by atoms with Crippen LogP contribution in [-0.4, -0.2) is 50.2 Å². The van der Waals surface area contributed by atoms with E-state index in [0.29, 0.717) is 6.04 Å². The lowest BCUT2D eigenvalue weighted by Gasteiger charge is -2.35. The molecule has 36 heavy (non-hydrogen) atoms. The van der Waals surface area contributed by atoms with Gasteiger partial charge in [0.1, 0.15) is 29.5 Å². The average molecular weight is 481 g/mol. The summed E-state index contributed by atoms with van der Waals surface area (Å²) in [4.78, 5) is 20.4. The van der Waals surface area contributed by atoms with Gasteiger partial charge in [0.25, 0.3) is 0 Å². The molecule has 0 saturated carbocycles. The molecule has 6 rings (SSSR count). The number of anilines is 3. The van der Waals surface area contributed by atoms with Gasteiger partial charge < -0.3 is 24.8 Å². The molecule has 4 heterocycles. The van der Waals surface area contributed by atoms with Gasteiger partial charge in [-0.15, -0.1) is 0 Å². The third-order valence-corrected chi connectivity index (χ3v) is 6.67. The fourth-order valence-corrected chi connectivity index (χ4v) is 4.67. The summed E-state index contributed by atoms with van der Waals surface area (Å²) < 4.78 is 8.16. The van der Waals surface area contributed by atoms with E-state index in [1.807, 2.05) is 55.1 Å². The van der Waals surface area contributed by atoms with Crippen LogP contribution in [0, 0.1) is 6.92 Å². The molecule has 0 unspecified atom stereocenters. The maximum absolute atomic E-state index is 6.17. The van der Waals surface area contributed by atoms with Crippen molar-refractivity contribution in [3.63, 3.8) is 0 Å². The highest BCUT2D eigenvalue weighted by molar-refractivity contribution is 5.92. The standard InChI is InChI=1S/C27H28N8O/c1-17-10-19(4-7-25(17)36-20-5-6-24-22(11-20)32-16-34(24)3)33-27-21-12-26(29-14-23(21)30-15-31-27)35-9-8-28-13-18(35)2/h4-7,10-12,14-16,18,28H,8-9,13H2,1-3H3,(H,30,31,33)/t18-/m0/s1. The monoisotopic (exact) mass is 480 g/mol. The van der Waals surface area contributed by atoms with Gasteiger partial charge in [0.2, 0.25) is 0 Å². The average Bonchev–Trinajstić information content (AvgIpc) is 3.26. The van der Waals surface area contributed by atoms with Crippen LogP contribution in [0.5, 0.6) is 11.5 Å². The molecule has 1 aliphatic heterocycles. The minimum Gasteiger partial charge on any atom is -0.457 e. The summed E-state index contributed by atoms with van der Waals surface area (Å²) in [5.41, 5.74) is 4.72. The Morgan fingerprint density at radius 2 is 1.94 bits per heavy atom. The Balaban J connectivity index is 1.25. The zero-order valence-corrected chi connectivity index (χ0v) is 20.6. The predicted octanol–water partition coefficient (Wildman–Crippen LogP) is 4.55. The maximum atomic E-state index is 6.17. The molecule has 9 heteroatoms. The number of rotatable bonds is 5. The lowest BCUT2D eigenvalue weighted by Crippen LogP contribution is -2.50. The van der Waals surface area contributed by atoms with Crippen molar-refractivity contribution in [2.75, 3.05) is 29.9 Å². The summed E-state index contributed by atoms with van der Waals surface area (Å²) in [5.74, 6) is 3.25. The number of aryl methyl sites for hydroxylation is 2. The van der Waals surface area contributed by atoms with Gasteiger partial charge in [-0.25, -0.2) is 19.9 Å². The Hall–Kier alpha value is -4.24. The number of hydrogen-bond donors (Lipinski definition) is 2. The zero-order chi connectivity index (χ0) is 24.6. The number of pyridine rings is 1. The molecule has 0 radical (unpaired) electrons. The van der Waals surface area contributed by atoms with E-state index in [2.05, 4.69) is 54.5 Å². The van der Waals surface area contributed by atoms with Crippen molar-refractivity contribution < 1.29 is 4.74 Å². The quantitative estimate of drug-likeness (QED) is 0.378. The van der Waals surface area contributed by atoms with Crippen LogP contribution in [0.2, 0.25) is 0 Å². The molecular formula is C27H28N8O. The van der Waals surface area contributed by atoms with Gasteiger partial charge in [0.05, 0.1) is 29.1 Å². The van der Waals surface area contributed by atoms with E-state index < -0.39 is 0 Å². The molecule has 2 aromatic carbocycles. The van der Waals surface area contributed by atoms with Crippen LogP contribution in [0.25, 0.3) is 21.9 Å². The highest BCUT2D eigenvalue weighted by Crippen LogP contribution is 2.31. The van der Waals surface area contributed by atoms with Crippen molar-refractivity contribution in [1.29, 1.82) is 0 Å². The van der Waals surface area contributed by atoms with Crippen molar-refractivity contribution in [2.24, 2.45) is 7.05 Å². The molecular weight excluding hydrogens is 452 g/mol. The second-order valence-electron chi connectivity index (χ2n) is 9.24. The zero-order valence-electron chi connectivity index (χ0n) is 20.6. The van der Waals surface area contributed by atoms with Crippen LogP contribution in [0.4, 0.5) is 17.3 Å². The molecule has 2 N–H and O–H groups in total. The first-order valence-electron chi connectivity index (χ1n) is 12.1. The minimum absolute atomic E-state index is 0.373. The van der Waals surface area contributed by atoms with Crippen molar-refractivity contribution in [3.05, 3.63) is 66.9 Å². The summed E-state index contributed by atoms with van der Waals surface area (Å²) in [7, 11) is 1.98. The van der Waals surface area contributed by atoms with E-state index in [1.54, 1.807) is 12.7 Å². The number of fused-ring (bicyclic) bond motifs is 2. The second-order valence-corrected chi connectivity index (χ2v) is 9.24. The molecule has 5 aromatic rings. The molecule has 9 nitrogen and oxygen atoms in total. The lowest BCUT2D eigenvalue weighted by atomic mass is 10.2. The third-order valence-electron chi connectivity index (χ3n) is 6.67. The summed E-state index contributed by atoms with van der Waals surface area (Å²) in [6.07, 6.45) is 5.20. The van der Waals surface area contributed by atoms with Gasteiger partial charge in [-0.05, 0) is 55.8 Å². The molecule has 182 valence electrons. The largest absolute Gasteiger partial charge is 0.457 e. The number of aromatic nitrogens is 5. The Bertz CT molecular complexity index is 1560. The molecule has 3 aromatic heterocycles.